The Hall–Kier alpha value is -0.310. The van der Waals surface area contributed by atoms with Crippen molar-refractivity contribution in [2.75, 3.05) is 5.32 Å². The van der Waals surface area contributed by atoms with Gasteiger partial charge in [0.05, 0.1) is 15.0 Å². The molecule has 0 amide bonds. The first-order valence-corrected chi connectivity index (χ1v) is 4.61. The molecule has 1 aliphatic heterocycles. The highest BCUT2D eigenvalue weighted by atomic mass is 35.5. The predicted octanol–water partition coefficient (Wildman–Crippen LogP) is 3.29. The second kappa shape index (κ2) is 2.87. The Bertz CT molecular complexity index is 329. The van der Waals surface area contributed by atoms with Crippen molar-refractivity contribution < 1.29 is 0 Å². The lowest BCUT2D eigenvalue weighted by atomic mass is 10.2. The Morgan fingerprint density at radius 2 is 1.92 bits per heavy atom. The minimum absolute atomic E-state index is 0.563. The van der Waals surface area contributed by atoms with E-state index in [-0.39, 0.29) is 0 Å². The number of hydrogen-bond donors (Lipinski definition) is 1. The summed E-state index contributed by atoms with van der Waals surface area (Å²) < 4.78 is 0. The third kappa shape index (κ3) is 1.30. The highest BCUT2D eigenvalue weighted by Crippen LogP contribution is 2.32. The van der Waals surface area contributed by atoms with Gasteiger partial charge in [0.2, 0.25) is 0 Å². The fourth-order valence-electron chi connectivity index (χ4n) is 1.22. The van der Waals surface area contributed by atoms with Crippen molar-refractivity contribution in [1.29, 1.82) is 0 Å². The molecule has 1 nitrogen and oxygen atoms in total. The molecular formula is C8H5Cl2NS. The molecule has 1 N–H and O–H groups in total. The van der Waals surface area contributed by atoms with Crippen LogP contribution in [0.2, 0.25) is 10.0 Å². The first-order chi connectivity index (χ1) is 5.66. The van der Waals surface area contributed by atoms with Gasteiger partial charge in [0.25, 0.3) is 0 Å². The van der Waals surface area contributed by atoms with E-state index in [0.29, 0.717) is 10.0 Å². The van der Waals surface area contributed by atoms with E-state index in [9.17, 15) is 0 Å². The summed E-state index contributed by atoms with van der Waals surface area (Å²) in [5, 5.41) is 4.20. The molecule has 62 valence electrons. The molecule has 1 heterocycles. The minimum atomic E-state index is 0.563. The van der Waals surface area contributed by atoms with Crippen LogP contribution in [0.25, 0.3) is 0 Å². The molecule has 0 aromatic heterocycles. The van der Waals surface area contributed by atoms with Crippen molar-refractivity contribution in [2.24, 2.45) is 0 Å². The number of fused-ring (bicyclic) bond motifs is 1. The summed E-state index contributed by atoms with van der Waals surface area (Å²) in [6.07, 6.45) is 0.765. The van der Waals surface area contributed by atoms with Crippen LogP contribution in [-0.2, 0) is 6.42 Å². The third-order valence-electron chi connectivity index (χ3n) is 1.77. The second-order valence-corrected chi connectivity index (χ2v) is 3.96. The number of nitrogens with one attached hydrogen (secondary N) is 1. The SMILES string of the molecule is S=C1Cc2cc(Cl)c(Cl)cc2N1. The van der Waals surface area contributed by atoms with Gasteiger partial charge in [0, 0.05) is 12.1 Å². The summed E-state index contributed by atoms with van der Waals surface area (Å²) in [6.45, 7) is 0. The van der Waals surface area contributed by atoms with Crippen molar-refractivity contribution in [3.63, 3.8) is 0 Å². The molecule has 4 heteroatoms. The number of benzene rings is 1. The Kier molecular flexibility index (Phi) is 1.99. The van der Waals surface area contributed by atoms with Gasteiger partial charge in [0.15, 0.2) is 0 Å². The summed E-state index contributed by atoms with van der Waals surface area (Å²) in [5.41, 5.74) is 2.10. The van der Waals surface area contributed by atoms with Crippen LogP contribution in [0.1, 0.15) is 5.56 Å². The zero-order valence-corrected chi connectivity index (χ0v) is 8.35. The number of rotatable bonds is 0. The number of thiocarbonyl (C=S) groups is 1. The Morgan fingerprint density at radius 1 is 1.25 bits per heavy atom. The van der Waals surface area contributed by atoms with Gasteiger partial charge >= 0.3 is 0 Å². The standard InChI is InChI=1S/C8H5Cl2NS/c9-5-1-4-2-8(12)11-7(4)3-6(5)10/h1,3H,2H2,(H,11,12). The van der Waals surface area contributed by atoms with Gasteiger partial charge in [0.1, 0.15) is 0 Å². The Morgan fingerprint density at radius 3 is 2.67 bits per heavy atom. The van der Waals surface area contributed by atoms with E-state index in [1.807, 2.05) is 6.07 Å². The lowest BCUT2D eigenvalue weighted by molar-refractivity contribution is 1.43. The third-order valence-corrected chi connectivity index (χ3v) is 2.74. The van der Waals surface area contributed by atoms with E-state index in [0.717, 1.165) is 22.7 Å². The van der Waals surface area contributed by atoms with Gasteiger partial charge in [-0.15, -0.1) is 0 Å². The topological polar surface area (TPSA) is 12.0 Å². The molecule has 12 heavy (non-hydrogen) atoms. The van der Waals surface area contributed by atoms with Gasteiger partial charge in [-0.25, -0.2) is 0 Å². The summed E-state index contributed by atoms with van der Waals surface area (Å²) in [6, 6.07) is 3.66. The van der Waals surface area contributed by atoms with E-state index >= 15 is 0 Å². The van der Waals surface area contributed by atoms with Crippen LogP contribution in [0.5, 0.6) is 0 Å². The molecule has 0 atom stereocenters. The molecule has 0 unspecified atom stereocenters. The van der Waals surface area contributed by atoms with E-state index in [2.05, 4.69) is 5.32 Å². The lowest BCUT2D eigenvalue weighted by Crippen LogP contribution is -2.00. The fourth-order valence-corrected chi connectivity index (χ4v) is 1.83. The molecule has 1 aromatic carbocycles. The fraction of sp³-hybridized carbons (Fsp3) is 0.125. The zero-order chi connectivity index (χ0) is 8.72. The summed E-state index contributed by atoms with van der Waals surface area (Å²) in [4.78, 5) is 0.823. The Balaban J connectivity index is 2.55. The van der Waals surface area contributed by atoms with Crippen molar-refractivity contribution in [2.45, 2.75) is 6.42 Å². The maximum atomic E-state index is 5.84. The van der Waals surface area contributed by atoms with Crippen LogP contribution < -0.4 is 5.32 Å². The van der Waals surface area contributed by atoms with Crippen molar-refractivity contribution in [3.8, 4) is 0 Å². The van der Waals surface area contributed by atoms with Gasteiger partial charge < -0.3 is 5.32 Å². The smallest absolute Gasteiger partial charge is 0.0842 e. The molecule has 0 bridgehead atoms. The quantitative estimate of drug-likeness (QED) is 0.670. The van der Waals surface area contributed by atoms with E-state index in [1.165, 1.54) is 0 Å². The minimum Gasteiger partial charge on any atom is -0.349 e. The van der Waals surface area contributed by atoms with Crippen LogP contribution in [0.3, 0.4) is 0 Å². The zero-order valence-electron chi connectivity index (χ0n) is 6.03. The first-order valence-electron chi connectivity index (χ1n) is 3.44. The first kappa shape index (κ1) is 8.30. The van der Waals surface area contributed by atoms with Crippen LogP contribution >= 0.6 is 35.4 Å². The highest BCUT2D eigenvalue weighted by Gasteiger charge is 2.16. The second-order valence-electron chi connectivity index (χ2n) is 2.65. The highest BCUT2D eigenvalue weighted by molar-refractivity contribution is 7.80. The van der Waals surface area contributed by atoms with E-state index < -0.39 is 0 Å². The number of anilines is 1. The molecule has 1 aliphatic rings. The van der Waals surface area contributed by atoms with Crippen molar-refractivity contribution in [3.05, 3.63) is 27.7 Å². The van der Waals surface area contributed by atoms with Gasteiger partial charge in [-0.05, 0) is 17.7 Å². The van der Waals surface area contributed by atoms with Gasteiger partial charge in [-0.3, -0.25) is 0 Å². The van der Waals surface area contributed by atoms with Gasteiger partial charge in [-0.2, -0.15) is 0 Å². The monoisotopic (exact) mass is 217 g/mol. The summed E-state index contributed by atoms with van der Waals surface area (Å²) in [5.74, 6) is 0. The van der Waals surface area contributed by atoms with Crippen LogP contribution in [0.15, 0.2) is 12.1 Å². The normalized spacial score (nSPS) is 14.3. The number of hydrogen-bond acceptors (Lipinski definition) is 1. The summed E-state index contributed by atoms with van der Waals surface area (Å²) in [7, 11) is 0. The maximum absolute atomic E-state index is 5.84. The molecule has 0 saturated heterocycles. The van der Waals surface area contributed by atoms with Gasteiger partial charge in [-0.1, -0.05) is 35.4 Å². The molecule has 0 fully saturated rings. The van der Waals surface area contributed by atoms with Crippen LogP contribution in [0.4, 0.5) is 5.69 Å². The van der Waals surface area contributed by atoms with Crippen LogP contribution in [0, 0.1) is 0 Å². The largest absolute Gasteiger partial charge is 0.349 e. The van der Waals surface area contributed by atoms with Crippen LogP contribution in [-0.4, -0.2) is 4.99 Å². The van der Waals surface area contributed by atoms with E-state index in [1.54, 1.807) is 6.07 Å². The molecule has 0 saturated carbocycles. The predicted molar refractivity (Wildman–Crippen MR) is 56.4 cm³/mol. The molecular weight excluding hydrogens is 213 g/mol. The lowest BCUT2D eigenvalue weighted by Gasteiger charge is -2.00. The molecule has 0 aliphatic carbocycles. The summed E-state index contributed by atoms with van der Waals surface area (Å²) >= 11 is 16.7. The maximum Gasteiger partial charge on any atom is 0.0842 e. The molecule has 1 aromatic rings. The number of halogens is 2. The Labute approximate surface area is 85.7 Å². The van der Waals surface area contributed by atoms with Crippen molar-refractivity contribution >= 4 is 46.1 Å². The van der Waals surface area contributed by atoms with E-state index in [4.69, 9.17) is 35.4 Å². The molecule has 0 spiro atoms. The van der Waals surface area contributed by atoms with Crippen molar-refractivity contribution in [1.82, 2.24) is 0 Å². The molecule has 0 radical (unpaired) electrons. The average Bonchev–Trinajstić information content (AvgIpc) is 2.30. The molecule has 2 rings (SSSR count). The average molecular weight is 218 g/mol.